The Hall–Kier alpha value is -2.93. The Morgan fingerprint density at radius 3 is 2.43 bits per heavy atom. The number of benzene rings is 2. The fraction of sp³-hybridized carbons (Fsp3) is 0.381. The number of hydrogen-bond donors (Lipinski definition) is 2. The lowest BCUT2D eigenvalue weighted by Gasteiger charge is -2.14. The molecular weight excluding hydrogens is 356 g/mol. The molecule has 0 aromatic heterocycles. The molecule has 0 radical (unpaired) electrons. The van der Waals surface area contributed by atoms with Crippen LogP contribution in [-0.2, 0) is 17.9 Å². The molecule has 2 aromatic rings. The van der Waals surface area contributed by atoms with Crippen LogP contribution >= 0.6 is 0 Å². The zero-order valence-corrected chi connectivity index (χ0v) is 15.9. The number of para-hydroxylation sites is 2. The molecule has 0 spiro atoms. The van der Waals surface area contributed by atoms with Gasteiger partial charge in [0.25, 0.3) is 5.69 Å². The largest absolute Gasteiger partial charge is 0.379 e. The number of carbonyl (C=O) groups excluding carboxylic acids is 1. The van der Waals surface area contributed by atoms with Gasteiger partial charge < -0.3 is 10.6 Å². The fourth-order valence-corrected chi connectivity index (χ4v) is 3.34. The zero-order chi connectivity index (χ0) is 19.8. The van der Waals surface area contributed by atoms with Crippen molar-refractivity contribution in [2.24, 2.45) is 0 Å². The molecule has 2 aromatic carbocycles. The van der Waals surface area contributed by atoms with Gasteiger partial charge in [-0.1, -0.05) is 36.4 Å². The summed E-state index contributed by atoms with van der Waals surface area (Å²) < 4.78 is 0. The van der Waals surface area contributed by atoms with Crippen LogP contribution < -0.4 is 10.6 Å². The first kappa shape index (κ1) is 19.8. The number of nitro groups is 1. The van der Waals surface area contributed by atoms with Crippen molar-refractivity contribution in [1.29, 1.82) is 0 Å². The van der Waals surface area contributed by atoms with E-state index in [1.165, 1.54) is 37.6 Å². The molecular formula is C21H26N4O3. The lowest BCUT2D eigenvalue weighted by atomic mass is 10.1. The number of nitrogens with zero attached hydrogens (tertiary/aromatic N) is 2. The maximum Gasteiger partial charge on any atom is 0.292 e. The van der Waals surface area contributed by atoms with Crippen LogP contribution in [0.3, 0.4) is 0 Å². The van der Waals surface area contributed by atoms with Gasteiger partial charge in [0.1, 0.15) is 5.69 Å². The predicted octanol–water partition coefficient (Wildman–Crippen LogP) is 3.31. The normalized spacial score (nSPS) is 14.0. The van der Waals surface area contributed by atoms with Gasteiger partial charge in [-0.2, -0.15) is 0 Å². The summed E-state index contributed by atoms with van der Waals surface area (Å²) in [5.41, 5.74) is 2.79. The van der Waals surface area contributed by atoms with Crippen LogP contribution in [0, 0.1) is 10.1 Å². The van der Waals surface area contributed by atoms with Gasteiger partial charge in [0.15, 0.2) is 0 Å². The highest BCUT2D eigenvalue weighted by Crippen LogP contribution is 2.22. The van der Waals surface area contributed by atoms with Gasteiger partial charge in [-0.25, -0.2) is 0 Å². The highest BCUT2D eigenvalue weighted by Gasteiger charge is 2.13. The van der Waals surface area contributed by atoms with E-state index in [-0.39, 0.29) is 18.0 Å². The van der Waals surface area contributed by atoms with Crippen molar-refractivity contribution in [1.82, 2.24) is 10.2 Å². The van der Waals surface area contributed by atoms with Crippen molar-refractivity contribution >= 4 is 17.3 Å². The minimum absolute atomic E-state index is 0.0110. The van der Waals surface area contributed by atoms with E-state index in [0.29, 0.717) is 18.8 Å². The van der Waals surface area contributed by atoms with Gasteiger partial charge in [-0.05, 0) is 43.1 Å². The maximum atomic E-state index is 12.0. The molecule has 0 saturated carbocycles. The van der Waals surface area contributed by atoms with Gasteiger partial charge in [-0.15, -0.1) is 0 Å². The topological polar surface area (TPSA) is 87.5 Å². The molecule has 1 aliphatic heterocycles. The Morgan fingerprint density at radius 1 is 1.04 bits per heavy atom. The Balaban J connectivity index is 1.39. The third-order valence-corrected chi connectivity index (χ3v) is 4.89. The lowest BCUT2D eigenvalue weighted by Crippen LogP contribution is -2.25. The fourth-order valence-electron chi connectivity index (χ4n) is 3.34. The summed E-state index contributed by atoms with van der Waals surface area (Å²) >= 11 is 0. The average molecular weight is 382 g/mol. The van der Waals surface area contributed by atoms with Crippen molar-refractivity contribution < 1.29 is 9.72 Å². The Labute approximate surface area is 164 Å². The number of anilines is 1. The summed E-state index contributed by atoms with van der Waals surface area (Å²) in [6.45, 7) is 4.17. The second-order valence-corrected chi connectivity index (χ2v) is 7.03. The third-order valence-electron chi connectivity index (χ3n) is 4.89. The monoisotopic (exact) mass is 382 g/mol. The van der Waals surface area contributed by atoms with E-state index < -0.39 is 4.92 Å². The molecule has 7 heteroatoms. The molecule has 0 aliphatic carbocycles. The van der Waals surface area contributed by atoms with Crippen LogP contribution in [0.2, 0.25) is 0 Å². The van der Waals surface area contributed by atoms with Crippen molar-refractivity contribution in [3.63, 3.8) is 0 Å². The summed E-state index contributed by atoms with van der Waals surface area (Å²) in [4.78, 5) is 25.0. The standard InChI is InChI=1S/C21H26N4O3/c26-21(11-12-22-19-5-1-2-6-20(19)25(27)28)23-15-17-7-9-18(10-8-17)16-24-13-3-4-14-24/h1-2,5-10,22H,3-4,11-16H2,(H,23,26). The smallest absolute Gasteiger partial charge is 0.292 e. The Bertz CT molecular complexity index is 802. The molecule has 2 N–H and O–H groups in total. The van der Waals surface area contributed by atoms with E-state index in [2.05, 4.69) is 39.8 Å². The number of carbonyl (C=O) groups is 1. The predicted molar refractivity (Wildman–Crippen MR) is 109 cm³/mol. The number of amides is 1. The number of likely N-dealkylation sites (tertiary alicyclic amines) is 1. The number of nitrogens with one attached hydrogen (secondary N) is 2. The summed E-state index contributed by atoms with van der Waals surface area (Å²) in [6, 6.07) is 14.8. The first-order chi connectivity index (χ1) is 13.6. The summed E-state index contributed by atoms with van der Waals surface area (Å²) in [7, 11) is 0. The number of rotatable bonds is 9. The van der Waals surface area contributed by atoms with Crippen LogP contribution in [0.1, 0.15) is 30.4 Å². The molecule has 1 heterocycles. The molecule has 148 valence electrons. The number of hydrogen-bond acceptors (Lipinski definition) is 5. The van der Waals surface area contributed by atoms with Crippen molar-refractivity contribution in [2.75, 3.05) is 25.0 Å². The maximum absolute atomic E-state index is 12.0. The molecule has 1 fully saturated rings. The van der Waals surface area contributed by atoms with Gasteiger partial charge in [0, 0.05) is 32.1 Å². The van der Waals surface area contributed by atoms with Gasteiger partial charge in [0.05, 0.1) is 4.92 Å². The minimum Gasteiger partial charge on any atom is -0.379 e. The average Bonchev–Trinajstić information content (AvgIpc) is 3.21. The van der Waals surface area contributed by atoms with Crippen molar-refractivity contribution in [2.45, 2.75) is 32.4 Å². The molecule has 1 saturated heterocycles. The molecule has 0 unspecified atom stereocenters. The van der Waals surface area contributed by atoms with Crippen LogP contribution in [0.25, 0.3) is 0 Å². The van der Waals surface area contributed by atoms with Gasteiger partial charge >= 0.3 is 0 Å². The van der Waals surface area contributed by atoms with E-state index >= 15 is 0 Å². The van der Waals surface area contributed by atoms with E-state index in [9.17, 15) is 14.9 Å². The molecule has 3 rings (SSSR count). The highest BCUT2D eigenvalue weighted by atomic mass is 16.6. The first-order valence-electron chi connectivity index (χ1n) is 9.66. The summed E-state index contributed by atoms with van der Waals surface area (Å²) in [5.74, 6) is -0.0905. The van der Waals surface area contributed by atoms with Crippen LogP contribution in [0.4, 0.5) is 11.4 Å². The van der Waals surface area contributed by atoms with Crippen LogP contribution in [0.5, 0.6) is 0 Å². The molecule has 1 aliphatic rings. The minimum atomic E-state index is -0.435. The zero-order valence-electron chi connectivity index (χ0n) is 15.9. The third kappa shape index (κ3) is 5.79. The second-order valence-electron chi connectivity index (χ2n) is 7.03. The van der Waals surface area contributed by atoms with Crippen molar-refractivity contribution in [3.05, 3.63) is 69.8 Å². The molecule has 0 atom stereocenters. The molecule has 1 amide bonds. The van der Waals surface area contributed by atoms with E-state index in [4.69, 9.17) is 0 Å². The van der Waals surface area contributed by atoms with E-state index in [0.717, 1.165) is 12.1 Å². The lowest BCUT2D eigenvalue weighted by molar-refractivity contribution is -0.384. The van der Waals surface area contributed by atoms with Crippen LogP contribution in [0.15, 0.2) is 48.5 Å². The Morgan fingerprint density at radius 2 is 1.71 bits per heavy atom. The van der Waals surface area contributed by atoms with Crippen molar-refractivity contribution in [3.8, 4) is 0 Å². The van der Waals surface area contributed by atoms with Gasteiger partial charge in [0.2, 0.25) is 5.91 Å². The summed E-state index contributed by atoms with van der Waals surface area (Å²) in [6.07, 6.45) is 2.83. The van der Waals surface area contributed by atoms with Gasteiger partial charge in [-0.3, -0.25) is 19.8 Å². The highest BCUT2D eigenvalue weighted by molar-refractivity contribution is 5.76. The van der Waals surface area contributed by atoms with E-state index in [1.807, 2.05) is 0 Å². The number of nitro benzene ring substituents is 1. The quantitative estimate of drug-likeness (QED) is 0.513. The summed E-state index contributed by atoms with van der Waals surface area (Å²) in [5, 5.41) is 16.8. The molecule has 28 heavy (non-hydrogen) atoms. The Kier molecular flexibility index (Phi) is 6.97. The van der Waals surface area contributed by atoms with E-state index in [1.54, 1.807) is 18.2 Å². The first-order valence-corrected chi connectivity index (χ1v) is 9.66. The molecule has 0 bridgehead atoms. The molecule has 7 nitrogen and oxygen atoms in total. The van der Waals surface area contributed by atoms with Crippen LogP contribution in [-0.4, -0.2) is 35.4 Å². The second kappa shape index (κ2) is 9.85. The SMILES string of the molecule is O=C(CCNc1ccccc1[N+](=O)[O-])NCc1ccc(CN2CCCC2)cc1.